The number of carbonyl (C=O) groups excluding carboxylic acids is 2. The number of benzene rings is 1. The molecule has 5 nitrogen and oxygen atoms in total. The molecule has 162 valence electrons. The maximum absolute atomic E-state index is 13.8. The van der Waals surface area contributed by atoms with E-state index in [9.17, 15) is 9.59 Å². The number of primary amides is 1. The fourth-order valence-electron chi connectivity index (χ4n) is 8.16. The molecule has 5 fully saturated rings. The lowest BCUT2D eigenvalue weighted by Crippen LogP contribution is -2.62. The van der Waals surface area contributed by atoms with E-state index in [1.807, 2.05) is 12.1 Å². The molecule has 4 bridgehead atoms. The summed E-state index contributed by atoms with van der Waals surface area (Å²) in [6.45, 7) is 9.23. The second-order valence-electron chi connectivity index (χ2n) is 11.5. The third kappa shape index (κ3) is 3.45. The highest BCUT2D eigenvalue weighted by Gasteiger charge is 2.63. The minimum Gasteiger partial charge on any atom is -0.366 e. The van der Waals surface area contributed by atoms with Crippen molar-refractivity contribution in [3.05, 3.63) is 35.4 Å². The second-order valence-corrected chi connectivity index (χ2v) is 11.5. The lowest BCUT2D eigenvalue weighted by atomic mass is 9.40. The molecule has 5 heteroatoms. The maximum Gasteiger partial charge on any atom is 0.248 e. The Balaban J connectivity index is 1.22. The van der Waals surface area contributed by atoms with Crippen LogP contribution in [0.5, 0.6) is 0 Å². The van der Waals surface area contributed by atoms with Crippen molar-refractivity contribution in [3.8, 4) is 0 Å². The van der Waals surface area contributed by atoms with Crippen molar-refractivity contribution in [3.63, 3.8) is 0 Å². The molecule has 6 rings (SSSR count). The molecule has 2 N–H and O–H groups in total. The molecular weight excluding hydrogens is 374 g/mol. The molecule has 0 radical (unpaired) electrons. The summed E-state index contributed by atoms with van der Waals surface area (Å²) < 4.78 is 0. The first kappa shape index (κ1) is 20.0. The molecule has 4 saturated carbocycles. The van der Waals surface area contributed by atoms with Crippen LogP contribution in [0.25, 0.3) is 0 Å². The first-order chi connectivity index (χ1) is 14.2. The Kier molecular flexibility index (Phi) is 4.55. The Morgan fingerprint density at radius 1 is 0.933 bits per heavy atom. The van der Waals surface area contributed by atoms with Crippen LogP contribution in [0.2, 0.25) is 0 Å². The van der Waals surface area contributed by atoms with Gasteiger partial charge in [0.1, 0.15) is 0 Å². The fraction of sp³-hybridized carbons (Fsp3) is 0.680. The number of amides is 2. The summed E-state index contributed by atoms with van der Waals surface area (Å²) in [5.41, 5.74) is 7.73. The van der Waals surface area contributed by atoms with Crippen molar-refractivity contribution in [2.24, 2.45) is 27.9 Å². The van der Waals surface area contributed by atoms with E-state index in [4.69, 9.17) is 5.73 Å². The van der Waals surface area contributed by atoms with E-state index in [0.29, 0.717) is 22.3 Å². The standard InChI is InChI=1S/C25H35N3O2/c1-23-11-19-12-24(2,15-23)17-25(13-19,16-23)22(30)28-9-7-27(8-10-28)14-18-3-5-20(6-4-18)21(26)29/h3-6,19H,7-17H2,1-2H3,(H2,26,29). The summed E-state index contributed by atoms with van der Waals surface area (Å²) in [5.74, 6) is 0.820. The zero-order valence-corrected chi connectivity index (χ0v) is 18.5. The van der Waals surface area contributed by atoms with Gasteiger partial charge < -0.3 is 10.6 Å². The van der Waals surface area contributed by atoms with E-state index in [1.54, 1.807) is 12.1 Å². The molecule has 4 aliphatic carbocycles. The Morgan fingerprint density at radius 3 is 2.07 bits per heavy atom. The lowest BCUT2D eigenvalue weighted by Gasteiger charge is -2.65. The molecule has 1 heterocycles. The van der Waals surface area contributed by atoms with Crippen molar-refractivity contribution in [2.45, 2.75) is 58.9 Å². The Labute approximate surface area is 180 Å². The van der Waals surface area contributed by atoms with Gasteiger partial charge in [0.15, 0.2) is 0 Å². The van der Waals surface area contributed by atoms with Gasteiger partial charge in [0.2, 0.25) is 11.8 Å². The highest BCUT2D eigenvalue weighted by atomic mass is 16.2. The summed E-state index contributed by atoms with van der Waals surface area (Å²) >= 11 is 0. The number of nitrogens with zero attached hydrogens (tertiary/aromatic N) is 2. The maximum atomic E-state index is 13.8. The molecule has 2 unspecified atom stereocenters. The zero-order valence-electron chi connectivity index (χ0n) is 18.5. The quantitative estimate of drug-likeness (QED) is 0.829. The van der Waals surface area contributed by atoms with Crippen LogP contribution in [-0.2, 0) is 11.3 Å². The lowest BCUT2D eigenvalue weighted by molar-refractivity contribution is -0.180. The number of carbonyl (C=O) groups is 2. The van der Waals surface area contributed by atoms with E-state index in [2.05, 4.69) is 23.6 Å². The molecular formula is C25H35N3O2. The van der Waals surface area contributed by atoms with E-state index >= 15 is 0 Å². The predicted octanol–water partition coefficient (Wildman–Crippen LogP) is 3.43. The van der Waals surface area contributed by atoms with E-state index in [-0.39, 0.29) is 11.3 Å². The number of hydrogen-bond acceptors (Lipinski definition) is 3. The van der Waals surface area contributed by atoms with Gasteiger partial charge in [-0.1, -0.05) is 26.0 Å². The zero-order chi connectivity index (χ0) is 21.1. The minimum absolute atomic E-state index is 0.0876. The summed E-state index contributed by atoms with van der Waals surface area (Å²) in [6, 6.07) is 7.56. The molecule has 1 aromatic rings. The number of rotatable bonds is 4. The SMILES string of the molecule is CC12CC3CC(C)(C1)CC(C(=O)N1CCN(Cc4ccc(C(N)=O)cc4)CC1)(C3)C2. The van der Waals surface area contributed by atoms with Crippen LogP contribution in [0, 0.1) is 22.2 Å². The van der Waals surface area contributed by atoms with Gasteiger partial charge in [0, 0.05) is 38.3 Å². The first-order valence-corrected chi connectivity index (χ1v) is 11.6. The van der Waals surface area contributed by atoms with Crippen molar-refractivity contribution in [1.29, 1.82) is 0 Å². The Bertz CT molecular complexity index is 838. The molecule has 1 saturated heterocycles. The predicted molar refractivity (Wildman–Crippen MR) is 117 cm³/mol. The minimum atomic E-state index is -0.388. The normalized spacial score (nSPS) is 38.1. The molecule has 1 aromatic carbocycles. The van der Waals surface area contributed by atoms with E-state index in [1.165, 1.54) is 24.8 Å². The van der Waals surface area contributed by atoms with Crippen LogP contribution < -0.4 is 5.73 Å². The van der Waals surface area contributed by atoms with Gasteiger partial charge >= 0.3 is 0 Å². The third-order valence-electron chi connectivity index (χ3n) is 8.38. The van der Waals surface area contributed by atoms with Crippen LogP contribution in [0.4, 0.5) is 0 Å². The molecule has 2 atom stereocenters. The fourth-order valence-corrected chi connectivity index (χ4v) is 8.16. The van der Waals surface area contributed by atoms with Crippen LogP contribution in [0.15, 0.2) is 24.3 Å². The number of piperazine rings is 1. The highest BCUT2D eigenvalue weighted by molar-refractivity contribution is 5.92. The van der Waals surface area contributed by atoms with Crippen molar-refractivity contribution < 1.29 is 9.59 Å². The van der Waals surface area contributed by atoms with Gasteiger partial charge in [-0.3, -0.25) is 14.5 Å². The van der Waals surface area contributed by atoms with E-state index in [0.717, 1.165) is 57.9 Å². The Morgan fingerprint density at radius 2 is 1.53 bits per heavy atom. The highest BCUT2D eigenvalue weighted by Crippen LogP contribution is 2.69. The molecule has 0 spiro atoms. The van der Waals surface area contributed by atoms with Crippen LogP contribution >= 0.6 is 0 Å². The second kappa shape index (κ2) is 6.81. The monoisotopic (exact) mass is 409 g/mol. The summed E-state index contributed by atoms with van der Waals surface area (Å²) in [5, 5.41) is 0. The van der Waals surface area contributed by atoms with Gasteiger partial charge in [-0.05, 0) is 73.0 Å². The summed E-state index contributed by atoms with van der Waals surface area (Å²) in [4.78, 5) is 29.6. The van der Waals surface area contributed by atoms with Gasteiger partial charge in [-0.2, -0.15) is 0 Å². The van der Waals surface area contributed by atoms with Crippen LogP contribution in [0.1, 0.15) is 68.3 Å². The molecule has 1 aliphatic heterocycles. The molecule has 0 aromatic heterocycles. The van der Waals surface area contributed by atoms with Gasteiger partial charge in [0.25, 0.3) is 0 Å². The van der Waals surface area contributed by atoms with E-state index < -0.39 is 0 Å². The topological polar surface area (TPSA) is 66.6 Å². The molecule has 2 amide bonds. The average Bonchev–Trinajstić information content (AvgIpc) is 2.65. The van der Waals surface area contributed by atoms with Crippen molar-refractivity contribution in [1.82, 2.24) is 9.80 Å². The number of nitrogens with two attached hydrogens (primary N) is 1. The average molecular weight is 410 g/mol. The van der Waals surface area contributed by atoms with Crippen LogP contribution in [-0.4, -0.2) is 47.8 Å². The molecule has 5 aliphatic rings. The van der Waals surface area contributed by atoms with Crippen molar-refractivity contribution in [2.75, 3.05) is 26.2 Å². The Hall–Kier alpha value is -1.88. The largest absolute Gasteiger partial charge is 0.366 e. The third-order valence-corrected chi connectivity index (χ3v) is 8.38. The summed E-state index contributed by atoms with van der Waals surface area (Å²) in [7, 11) is 0. The first-order valence-electron chi connectivity index (χ1n) is 11.6. The van der Waals surface area contributed by atoms with Gasteiger partial charge in [-0.25, -0.2) is 0 Å². The van der Waals surface area contributed by atoms with Gasteiger partial charge in [0.05, 0.1) is 5.41 Å². The van der Waals surface area contributed by atoms with Crippen LogP contribution in [0.3, 0.4) is 0 Å². The van der Waals surface area contributed by atoms with Crippen molar-refractivity contribution >= 4 is 11.8 Å². The molecule has 30 heavy (non-hydrogen) atoms. The number of hydrogen-bond donors (Lipinski definition) is 1. The van der Waals surface area contributed by atoms with Gasteiger partial charge in [-0.15, -0.1) is 0 Å². The smallest absolute Gasteiger partial charge is 0.248 e. The summed E-state index contributed by atoms with van der Waals surface area (Å²) in [6.07, 6.45) is 7.33.